The lowest BCUT2D eigenvalue weighted by atomic mass is 10.2. The first-order chi connectivity index (χ1) is 8.31. The molecule has 0 aliphatic rings. The number of hydrogen-bond acceptors (Lipinski definition) is 5. The highest BCUT2D eigenvalue weighted by Crippen LogP contribution is 2.22. The molecular weight excluding hydrogens is 236 g/mol. The molecular formula is C11H14N4OS. The van der Waals surface area contributed by atoms with Gasteiger partial charge < -0.3 is 4.98 Å². The Labute approximate surface area is 103 Å². The highest BCUT2D eigenvalue weighted by atomic mass is 32.2. The lowest BCUT2D eigenvalue weighted by Gasteiger charge is -2.00. The van der Waals surface area contributed by atoms with Crippen molar-refractivity contribution in [3.05, 3.63) is 12.7 Å². The minimum Gasteiger partial charge on any atom is -0.341 e. The summed E-state index contributed by atoms with van der Waals surface area (Å²) in [6.07, 6.45) is 5.30. The smallest absolute Gasteiger partial charge is 0.181 e. The quantitative estimate of drug-likeness (QED) is 0.483. The minimum atomic E-state index is 0.319. The highest BCUT2D eigenvalue weighted by molar-refractivity contribution is 7.99. The van der Waals surface area contributed by atoms with Gasteiger partial charge in [-0.15, -0.1) is 11.8 Å². The number of fused-ring (bicyclic) bond motifs is 1. The molecule has 0 aromatic carbocycles. The lowest BCUT2D eigenvalue weighted by molar-refractivity contribution is -0.118. The fourth-order valence-corrected chi connectivity index (χ4v) is 2.37. The molecule has 0 spiro atoms. The van der Waals surface area contributed by atoms with Crippen molar-refractivity contribution in [1.29, 1.82) is 0 Å². The van der Waals surface area contributed by atoms with Gasteiger partial charge in [-0.05, 0) is 12.2 Å². The second-order valence-electron chi connectivity index (χ2n) is 3.62. The Bertz CT molecular complexity index is 511. The van der Waals surface area contributed by atoms with Gasteiger partial charge in [-0.2, -0.15) is 0 Å². The minimum absolute atomic E-state index is 0.319. The Hall–Kier alpha value is -1.43. The predicted molar refractivity (Wildman–Crippen MR) is 66.9 cm³/mol. The second kappa shape index (κ2) is 5.77. The maximum Gasteiger partial charge on any atom is 0.181 e. The Morgan fingerprint density at radius 3 is 3.12 bits per heavy atom. The van der Waals surface area contributed by atoms with Crippen LogP contribution in [0.25, 0.3) is 11.2 Å². The van der Waals surface area contributed by atoms with Crippen LogP contribution in [0.15, 0.2) is 17.7 Å². The zero-order valence-corrected chi connectivity index (χ0v) is 10.5. The molecule has 0 aliphatic heterocycles. The van der Waals surface area contributed by atoms with Crippen LogP contribution in [0.3, 0.4) is 0 Å². The molecule has 2 aromatic rings. The molecule has 0 saturated heterocycles. The number of thioether (sulfide) groups is 1. The summed E-state index contributed by atoms with van der Waals surface area (Å²) in [6, 6.07) is 0. The van der Waals surface area contributed by atoms with E-state index in [2.05, 4.69) is 19.9 Å². The van der Waals surface area contributed by atoms with Crippen molar-refractivity contribution < 1.29 is 4.79 Å². The van der Waals surface area contributed by atoms with Crippen LogP contribution in [0.5, 0.6) is 0 Å². The standard InChI is InChI=1S/C11H14N4OS/c1-2-8(16)4-3-5-17-11-9-10(13-6-12-9)14-7-15-11/h6-7H,2-5H2,1H3,(H,12,13,14,15). The van der Waals surface area contributed by atoms with Crippen molar-refractivity contribution in [1.82, 2.24) is 19.9 Å². The van der Waals surface area contributed by atoms with Crippen LogP contribution in [0, 0.1) is 0 Å². The SMILES string of the molecule is CCC(=O)CCCSc1ncnc2nc[nH]c12. The van der Waals surface area contributed by atoms with Gasteiger partial charge in [0.1, 0.15) is 22.7 Å². The van der Waals surface area contributed by atoms with E-state index >= 15 is 0 Å². The van der Waals surface area contributed by atoms with E-state index in [1.54, 1.807) is 18.1 Å². The van der Waals surface area contributed by atoms with Gasteiger partial charge in [-0.1, -0.05) is 6.92 Å². The molecule has 0 aliphatic carbocycles. The van der Waals surface area contributed by atoms with Crippen LogP contribution in [0.2, 0.25) is 0 Å². The number of aromatic nitrogens is 4. The molecule has 2 rings (SSSR count). The van der Waals surface area contributed by atoms with E-state index in [0.29, 0.717) is 24.3 Å². The second-order valence-corrected chi connectivity index (χ2v) is 4.71. The summed E-state index contributed by atoms with van der Waals surface area (Å²) in [7, 11) is 0. The summed E-state index contributed by atoms with van der Waals surface area (Å²) in [4.78, 5) is 26.5. The number of imidazole rings is 1. The van der Waals surface area contributed by atoms with E-state index in [1.807, 2.05) is 6.92 Å². The number of nitrogens with one attached hydrogen (secondary N) is 1. The Morgan fingerprint density at radius 2 is 2.29 bits per heavy atom. The molecule has 2 aromatic heterocycles. The van der Waals surface area contributed by atoms with Gasteiger partial charge >= 0.3 is 0 Å². The zero-order valence-electron chi connectivity index (χ0n) is 9.64. The molecule has 0 amide bonds. The van der Waals surface area contributed by atoms with E-state index in [1.165, 1.54) is 6.33 Å². The summed E-state index contributed by atoms with van der Waals surface area (Å²) in [5, 5.41) is 0.899. The van der Waals surface area contributed by atoms with Crippen molar-refractivity contribution in [2.75, 3.05) is 5.75 Å². The van der Waals surface area contributed by atoms with Crippen molar-refractivity contribution in [2.45, 2.75) is 31.2 Å². The Morgan fingerprint density at radius 1 is 1.41 bits per heavy atom. The fraction of sp³-hybridized carbons (Fsp3) is 0.455. The van der Waals surface area contributed by atoms with E-state index in [-0.39, 0.29) is 0 Å². The normalized spacial score (nSPS) is 10.9. The first-order valence-electron chi connectivity index (χ1n) is 5.60. The topological polar surface area (TPSA) is 71.5 Å². The third-order valence-corrected chi connectivity index (χ3v) is 3.50. The van der Waals surface area contributed by atoms with Gasteiger partial charge in [0.15, 0.2) is 5.65 Å². The van der Waals surface area contributed by atoms with E-state index in [0.717, 1.165) is 22.7 Å². The van der Waals surface area contributed by atoms with Gasteiger partial charge in [-0.3, -0.25) is 4.79 Å². The maximum absolute atomic E-state index is 11.1. The van der Waals surface area contributed by atoms with Crippen molar-refractivity contribution >= 4 is 28.7 Å². The average molecular weight is 250 g/mol. The fourth-order valence-electron chi connectivity index (χ4n) is 1.47. The number of hydrogen-bond donors (Lipinski definition) is 1. The average Bonchev–Trinajstić information content (AvgIpc) is 2.83. The summed E-state index contributed by atoms with van der Waals surface area (Å²) < 4.78 is 0. The van der Waals surface area contributed by atoms with Gasteiger partial charge in [0.05, 0.1) is 6.33 Å². The van der Waals surface area contributed by atoms with E-state index < -0.39 is 0 Å². The van der Waals surface area contributed by atoms with Gasteiger partial charge in [0.2, 0.25) is 0 Å². The number of carbonyl (C=O) groups is 1. The molecule has 90 valence electrons. The van der Waals surface area contributed by atoms with E-state index in [9.17, 15) is 4.79 Å². The van der Waals surface area contributed by atoms with Crippen LogP contribution in [0.1, 0.15) is 26.2 Å². The number of ketones is 1. The molecule has 2 heterocycles. The first kappa shape index (κ1) is 12.0. The molecule has 0 saturated carbocycles. The van der Waals surface area contributed by atoms with E-state index in [4.69, 9.17) is 0 Å². The van der Waals surface area contributed by atoms with Gasteiger partial charge in [-0.25, -0.2) is 15.0 Å². The number of aromatic amines is 1. The molecule has 5 nitrogen and oxygen atoms in total. The summed E-state index contributed by atoms with van der Waals surface area (Å²) in [5.74, 6) is 1.21. The highest BCUT2D eigenvalue weighted by Gasteiger charge is 2.06. The molecule has 0 radical (unpaired) electrons. The zero-order chi connectivity index (χ0) is 12.1. The van der Waals surface area contributed by atoms with Crippen LogP contribution in [-0.2, 0) is 4.79 Å². The van der Waals surface area contributed by atoms with Crippen LogP contribution in [-0.4, -0.2) is 31.5 Å². The molecule has 6 heteroatoms. The maximum atomic E-state index is 11.1. The van der Waals surface area contributed by atoms with Crippen LogP contribution < -0.4 is 0 Å². The number of H-pyrrole nitrogens is 1. The molecule has 17 heavy (non-hydrogen) atoms. The molecule has 0 atom stereocenters. The van der Waals surface area contributed by atoms with Crippen molar-refractivity contribution in [3.8, 4) is 0 Å². The summed E-state index contributed by atoms with van der Waals surface area (Å²) in [5.41, 5.74) is 1.56. The van der Waals surface area contributed by atoms with Crippen LogP contribution in [0.4, 0.5) is 0 Å². The number of rotatable bonds is 6. The molecule has 1 N–H and O–H groups in total. The number of Topliss-reactive ketones (excluding diaryl/α,β-unsaturated/α-hetero) is 1. The number of carbonyl (C=O) groups excluding carboxylic acids is 1. The third kappa shape index (κ3) is 3.03. The lowest BCUT2D eigenvalue weighted by Crippen LogP contribution is -1.95. The Kier molecular flexibility index (Phi) is 4.08. The molecule has 0 bridgehead atoms. The first-order valence-corrected chi connectivity index (χ1v) is 6.58. The van der Waals surface area contributed by atoms with Crippen molar-refractivity contribution in [2.24, 2.45) is 0 Å². The predicted octanol–water partition coefficient (Wildman–Crippen LogP) is 2.20. The summed E-state index contributed by atoms with van der Waals surface area (Å²) in [6.45, 7) is 1.90. The molecule has 0 unspecified atom stereocenters. The van der Waals surface area contributed by atoms with Gasteiger partial charge in [0, 0.05) is 12.8 Å². The van der Waals surface area contributed by atoms with Crippen molar-refractivity contribution in [3.63, 3.8) is 0 Å². The largest absolute Gasteiger partial charge is 0.341 e. The monoisotopic (exact) mass is 250 g/mol. The number of nitrogens with zero attached hydrogens (tertiary/aromatic N) is 3. The summed E-state index contributed by atoms with van der Waals surface area (Å²) >= 11 is 1.63. The van der Waals surface area contributed by atoms with Gasteiger partial charge in [0.25, 0.3) is 0 Å². The molecule has 0 fully saturated rings. The Balaban J connectivity index is 1.91. The third-order valence-electron chi connectivity index (χ3n) is 2.42. The van der Waals surface area contributed by atoms with Crippen LogP contribution >= 0.6 is 11.8 Å².